The van der Waals surface area contributed by atoms with Crippen molar-refractivity contribution < 1.29 is 0 Å². The molecular weight excluding hydrogens is 230 g/mol. The molecule has 1 atom stereocenters. The molecule has 1 aliphatic carbocycles. The Morgan fingerprint density at radius 3 is 2.35 bits per heavy atom. The van der Waals surface area contributed by atoms with Gasteiger partial charge in [0, 0.05) is 11.1 Å². The van der Waals surface area contributed by atoms with E-state index in [-0.39, 0.29) is 0 Å². The minimum absolute atomic E-state index is 0.309. The molecule has 0 radical (unpaired) electrons. The Morgan fingerprint density at radius 1 is 1.18 bits per heavy atom. The average molecular weight is 252 g/mol. The van der Waals surface area contributed by atoms with E-state index in [9.17, 15) is 0 Å². The summed E-state index contributed by atoms with van der Waals surface area (Å²) in [5.41, 5.74) is 7.64. The summed E-state index contributed by atoms with van der Waals surface area (Å²) >= 11 is 5.88. The number of hydrogen-bond donors (Lipinski definition) is 1. The fraction of sp³-hybridized carbons (Fsp3) is 0.600. The molecule has 1 fully saturated rings. The van der Waals surface area contributed by atoms with Crippen LogP contribution in [0.1, 0.15) is 38.2 Å². The average Bonchev–Trinajstić information content (AvgIpc) is 2.33. The van der Waals surface area contributed by atoms with Crippen molar-refractivity contribution in [3.63, 3.8) is 0 Å². The van der Waals surface area contributed by atoms with Crippen molar-refractivity contribution in [3.05, 3.63) is 34.9 Å². The van der Waals surface area contributed by atoms with E-state index in [2.05, 4.69) is 19.1 Å². The molecule has 0 bridgehead atoms. The van der Waals surface area contributed by atoms with Gasteiger partial charge >= 0.3 is 0 Å². The van der Waals surface area contributed by atoms with Gasteiger partial charge in [-0.3, -0.25) is 0 Å². The largest absolute Gasteiger partial charge is 0.327 e. The van der Waals surface area contributed by atoms with Crippen LogP contribution in [-0.4, -0.2) is 6.04 Å². The van der Waals surface area contributed by atoms with Gasteiger partial charge in [-0.15, -0.1) is 0 Å². The Balaban J connectivity index is 1.88. The maximum absolute atomic E-state index is 6.33. The number of halogens is 1. The molecule has 17 heavy (non-hydrogen) atoms. The molecule has 1 aromatic carbocycles. The first-order valence-corrected chi connectivity index (χ1v) is 7.03. The van der Waals surface area contributed by atoms with E-state index in [1.54, 1.807) is 0 Å². The third-order valence-electron chi connectivity index (χ3n) is 4.05. The summed E-state index contributed by atoms with van der Waals surface area (Å²) in [7, 11) is 0. The van der Waals surface area contributed by atoms with Gasteiger partial charge in [-0.1, -0.05) is 43.5 Å². The maximum Gasteiger partial charge on any atom is 0.0406 e. The van der Waals surface area contributed by atoms with Crippen LogP contribution in [0.5, 0.6) is 0 Å². The van der Waals surface area contributed by atoms with Gasteiger partial charge in [0.15, 0.2) is 0 Å². The molecule has 2 heteroatoms. The zero-order valence-corrected chi connectivity index (χ0v) is 11.3. The van der Waals surface area contributed by atoms with Gasteiger partial charge in [0.25, 0.3) is 0 Å². The Hall–Kier alpha value is -0.530. The minimum atomic E-state index is 0.309. The summed E-state index contributed by atoms with van der Waals surface area (Å²) < 4.78 is 0. The van der Waals surface area contributed by atoms with E-state index in [4.69, 9.17) is 17.3 Å². The van der Waals surface area contributed by atoms with E-state index in [0.717, 1.165) is 17.4 Å². The van der Waals surface area contributed by atoms with Crippen molar-refractivity contribution in [2.45, 2.75) is 45.1 Å². The van der Waals surface area contributed by atoms with Crippen LogP contribution < -0.4 is 5.73 Å². The molecule has 0 amide bonds. The second-order valence-corrected chi connectivity index (χ2v) is 5.95. The molecule has 1 aromatic rings. The Bertz CT molecular complexity index is 338. The van der Waals surface area contributed by atoms with Crippen LogP contribution in [0.25, 0.3) is 0 Å². The molecule has 0 spiro atoms. The third-order valence-corrected chi connectivity index (χ3v) is 4.30. The van der Waals surface area contributed by atoms with E-state index in [0.29, 0.717) is 12.0 Å². The molecule has 1 saturated carbocycles. The highest BCUT2D eigenvalue weighted by Gasteiger charge is 2.23. The second-order valence-electron chi connectivity index (χ2n) is 5.51. The minimum Gasteiger partial charge on any atom is -0.327 e. The van der Waals surface area contributed by atoms with E-state index < -0.39 is 0 Å². The predicted octanol–water partition coefficient (Wildman–Crippen LogP) is 4.04. The third kappa shape index (κ3) is 3.72. The molecule has 2 rings (SSSR count). The monoisotopic (exact) mass is 251 g/mol. The fourth-order valence-electron chi connectivity index (χ4n) is 2.77. The van der Waals surface area contributed by atoms with E-state index >= 15 is 0 Å². The Kier molecular flexibility index (Phi) is 4.47. The lowest BCUT2D eigenvalue weighted by atomic mass is 9.78. The first-order valence-electron chi connectivity index (χ1n) is 6.65. The zero-order valence-electron chi connectivity index (χ0n) is 10.5. The maximum atomic E-state index is 6.33. The van der Waals surface area contributed by atoms with Crippen LogP contribution in [0.3, 0.4) is 0 Å². The standard InChI is InChI=1S/C15H22ClN/c1-11-2-6-13(7-3-11)15(17)10-12-4-8-14(16)9-5-12/h4-5,8-9,11,13,15H,2-3,6-7,10,17H2,1H3. The lowest BCUT2D eigenvalue weighted by Gasteiger charge is -2.30. The van der Waals surface area contributed by atoms with Gasteiger partial charge < -0.3 is 5.73 Å². The van der Waals surface area contributed by atoms with Crippen LogP contribution in [-0.2, 0) is 6.42 Å². The Morgan fingerprint density at radius 2 is 1.76 bits per heavy atom. The van der Waals surface area contributed by atoms with Gasteiger partial charge in [-0.25, -0.2) is 0 Å². The van der Waals surface area contributed by atoms with E-state index in [1.165, 1.54) is 31.2 Å². The van der Waals surface area contributed by atoms with Crippen LogP contribution in [0.4, 0.5) is 0 Å². The molecule has 94 valence electrons. The summed E-state index contributed by atoms with van der Waals surface area (Å²) in [6, 6.07) is 8.39. The highest BCUT2D eigenvalue weighted by atomic mass is 35.5. The SMILES string of the molecule is CC1CCC(C(N)Cc2ccc(Cl)cc2)CC1. The lowest BCUT2D eigenvalue weighted by Crippen LogP contribution is -2.34. The molecule has 1 nitrogen and oxygen atoms in total. The summed E-state index contributed by atoms with van der Waals surface area (Å²) in [6.45, 7) is 2.35. The molecule has 0 aliphatic heterocycles. The van der Waals surface area contributed by atoms with Crippen LogP contribution >= 0.6 is 11.6 Å². The highest BCUT2D eigenvalue weighted by molar-refractivity contribution is 6.30. The van der Waals surface area contributed by atoms with Crippen molar-refractivity contribution in [3.8, 4) is 0 Å². The van der Waals surface area contributed by atoms with Gasteiger partial charge in [0.2, 0.25) is 0 Å². The predicted molar refractivity (Wildman–Crippen MR) is 74.3 cm³/mol. The molecule has 0 saturated heterocycles. The molecule has 2 N–H and O–H groups in total. The molecule has 0 aromatic heterocycles. The van der Waals surface area contributed by atoms with Crippen molar-refractivity contribution in [1.82, 2.24) is 0 Å². The summed E-state index contributed by atoms with van der Waals surface area (Å²) in [4.78, 5) is 0. The first kappa shape index (κ1) is 12.9. The van der Waals surface area contributed by atoms with Gasteiger partial charge in [0.1, 0.15) is 0 Å². The summed E-state index contributed by atoms with van der Waals surface area (Å²) in [5.74, 6) is 1.61. The summed E-state index contributed by atoms with van der Waals surface area (Å²) in [5, 5.41) is 0.800. The number of nitrogens with two attached hydrogens (primary N) is 1. The number of benzene rings is 1. The first-order chi connectivity index (χ1) is 8.15. The van der Waals surface area contributed by atoms with Gasteiger partial charge in [-0.2, -0.15) is 0 Å². The van der Waals surface area contributed by atoms with Gasteiger partial charge in [-0.05, 0) is 48.8 Å². The molecule has 1 unspecified atom stereocenters. The second kappa shape index (κ2) is 5.88. The lowest BCUT2D eigenvalue weighted by molar-refractivity contribution is 0.253. The van der Waals surface area contributed by atoms with Crippen LogP contribution in [0.15, 0.2) is 24.3 Å². The molecule has 0 heterocycles. The van der Waals surface area contributed by atoms with E-state index in [1.807, 2.05) is 12.1 Å². The fourth-order valence-corrected chi connectivity index (χ4v) is 2.90. The molecule has 1 aliphatic rings. The van der Waals surface area contributed by atoms with Gasteiger partial charge in [0.05, 0.1) is 0 Å². The highest BCUT2D eigenvalue weighted by Crippen LogP contribution is 2.30. The van der Waals surface area contributed by atoms with Crippen molar-refractivity contribution in [2.75, 3.05) is 0 Å². The number of rotatable bonds is 3. The quantitative estimate of drug-likeness (QED) is 0.862. The van der Waals surface area contributed by atoms with Crippen molar-refractivity contribution in [1.29, 1.82) is 0 Å². The summed E-state index contributed by atoms with van der Waals surface area (Å²) in [6.07, 6.45) is 6.28. The van der Waals surface area contributed by atoms with Crippen LogP contribution in [0, 0.1) is 11.8 Å². The zero-order chi connectivity index (χ0) is 12.3. The van der Waals surface area contributed by atoms with Crippen molar-refractivity contribution >= 4 is 11.6 Å². The Labute approximate surface area is 109 Å². The number of hydrogen-bond acceptors (Lipinski definition) is 1. The normalized spacial score (nSPS) is 26.8. The van der Waals surface area contributed by atoms with Crippen LogP contribution in [0.2, 0.25) is 5.02 Å². The van der Waals surface area contributed by atoms with Crippen molar-refractivity contribution in [2.24, 2.45) is 17.6 Å². The molecular formula is C15H22ClN. The smallest absolute Gasteiger partial charge is 0.0406 e. The topological polar surface area (TPSA) is 26.0 Å².